The van der Waals surface area contributed by atoms with Crippen LogP contribution >= 0.6 is 0 Å². The molecule has 0 spiro atoms. The third-order valence-electron chi connectivity index (χ3n) is 1.07. The predicted molar refractivity (Wildman–Crippen MR) is 42.6 cm³/mol. The van der Waals surface area contributed by atoms with E-state index in [1.54, 1.807) is 22.3 Å². The van der Waals surface area contributed by atoms with Crippen molar-refractivity contribution in [1.82, 2.24) is 0 Å². The summed E-state index contributed by atoms with van der Waals surface area (Å²) in [5, 5.41) is 0. The van der Waals surface area contributed by atoms with Crippen LogP contribution < -0.4 is 0 Å². The summed E-state index contributed by atoms with van der Waals surface area (Å²) in [4.78, 5) is 0. The second kappa shape index (κ2) is 3.71. The van der Waals surface area contributed by atoms with Crippen molar-refractivity contribution in [2.45, 2.75) is 0 Å². The van der Waals surface area contributed by atoms with Crippen LogP contribution in [-0.4, -0.2) is 22.3 Å². The monoisotopic (exact) mass is 234 g/mol. The van der Waals surface area contributed by atoms with E-state index in [2.05, 4.69) is 22.3 Å². The van der Waals surface area contributed by atoms with Crippen LogP contribution in [0, 0.1) is 0 Å². The molecule has 9 heavy (non-hydrogen) atoms. The minimum atomic E-state index is 1.28. The van der Waals surface area contributed by atoms with Gasteiger partial charge in [-0.05, 0) is 0 Å². The molecule has 0 aliphatic rings. The van der Waals surface area contributed by atoms with Gasteiger partial charge in [0.1, 0.15) is 0 Å². The van der Waals surface area contributed by atoms with Crippen molar-refractivity contribution in [3.63, 3.8) is 0 Å². The number of rotatable bonds is 1. The van der Waals surface area contributed by atoms with Gasteiger partial charge in [-0.15, -0.1) is 0 Å². The zero-order chi connectivity index (χ0) is 6.53. The summed E-state index contributed by atoms with van der Waals surface area (Å²) in [5.74, 6) is 0. The Labute approximate surface area is 68.5 Å². The van der Waals surface area contributed by atoms with Crippen molar-refractivity contribution < 1.29 is 0 Å². The van der Waals surface area contributed by atoms with Gasteiger partial charge in [-0.25, -0.2) is 0 Å². The van der Waals surface area contributed by atoms with Gasteiger partial charge in [-0.3, -0.25) is 0 Å². The fourth-order valence-corrected chi connectivity index (χ4v) is 1.14. The summed E-state index contributed by atoms with van der Waals surface area (Å²) < 4.78 is 2.09. The Morgan fingerprint density at radius 1 is 1.11 bits per heavy atom. The third-order valence-corrected chi connectivity index (χ3v) is 1.49. The molecule has 0 heterocycles. The molecule has 1 heteroatoms. The maximum atomic E-state index is 2.11. The minimum absolute atomic E-state index is 1.28. The van der Waals surface area contributed by atoms with E-state index in [0.29, 0.717) is 0 Å². The average molecular weight is 232 g/mol. The van der Waals surface area contributed by atoms with Gasteiger partial charge in [0, 0.05) is 0 Å². The van der Waals surface area contributed by atoms with Crippen LogP contribution in [0.5, 0.6) is 0 Å². The van der Waals surface area contributed by atoms with Crippen LogP contribution in [0.4, 0.5) is 0 Å². The van der Waals surface area contributed by atoms with Gasteiger partial charge >= 0.3 is 68.4 Å². The first-order valence-electron chi connectivity index (χ1n) is 2.79. The first-order chi connectivity index (χ1) is 4.43. The second-order valence-electron chi connectivity index (χ2n) is 1.73. The number of benzene rings is 1. The number of hydrogen-bond acceptors (Lipinski definition) is 0. The first-order valence-corrected chi connectivity index (χ1v) is 4.26. The quantitative estimate of drug-likeness (QED) is 0.644. The molecule has 0 saturated carbocycles. The van der Waals surface area contributed by atoms with E-state index in [4.69, 9.17) is 0 Å². The van der Waals surface area contributed by atoms with Crippen molar-refractivity contribution in [2.24, 2.45) is 0 Å². The van der Waals surface area contributed by atoms with Gasteiger partial charge in [0.25, 0.3) is 0 Å². The van der Waals surface area contributed by atoms with Gasteiger partial charge < -0.3 is 0 Å². The Bertz CT molecular complexity index is 189. The summed E-state index contributed by atoms with van der Waals surface area (Å²) in [5.41, 5.74) is 1.28. The van der Waals surface area contributed by atoms with E-state index >= 15 is 0 Å². The van der Waals surface area contributed by atoms with Gasteiger partial charge in [-0.2, -0.15) is 0 Å². The molecule has 46 valence electrons. The average Bonchev–Trinajstić information content (AvgIpc) is 1.91. The number of hydrogen-bond donors (Lipinski definition) is 0. The van der Waals surface area contributed by atoms with Crippen LogP contribution in [0.3, 0.4) is 0 Å². The normalized spacial score (nSPS) is 10.3. The Hall–Kier alpha value is -0.250. The van der Waals surface area contributed by atoms with Gasteiger partial charge in [0.05, 0.1) is 0 Å². The molecule has 0 aromatic heterocycles. The summed E-state index contributed by atoms with van der Waals surface area (Å²) in [6.07, 6.45) is 2.11. The van der Waals surface area contributed by atoms with Crippen molar-refractivity contribution in [1.29, 1.82) is 0 Å². The molecule has 0 aliphatic carbocycles. The fourth-order valence-electron chi connectivity index (χ4n) is 0.650. The molecule has 0 fully saturated rings. The molecule has 0 amide bonds. The summed E-state index contributed by atoms with van der Waals surface area (Å²) in [7, 11) is 0. The Kier molecular flexibility index (Phi) is 2.83. The van der Waals surface area contributed by atoms with Crippen LogP contribution in [0.1, 0.15) is 5.56 Å². The molecule has 1 rings (SSSR count). The molecular formula is C8H8Te. The van der Waals surface area contributed by atoms with Crippen LogP contribution in [0.2, 0.25) is 0 Å². The fraction of sp³-hybridized carbons (Fsp3) is 0. The summed E-state index contributed by atoms with van der Waals surface area (Å²) >= 11 is 1.70. The van der Waals surface area contributed by atoms with Crippen molar-refractivity contribution in [3.05, 3.63) is 40.0 Å². The Morgan fingerprint density at radius 3 is 2.33 bits per heavy atom. The second-order valence-corrected chi connectivity index (χ2v) is 2.58. The topological polar surface area (TPSA) is 0 Å². The maximum absolute atomic E-state index is 2.11. The van der Waals surface area contributed by atoms with Crippen LogP contribution in [0.15, 0.2) is 34.5 Å². The molecule has 0 unspecified atom stereocenters. The van der Waals surface area contributed by atoms with E-state index in [9.17, 15) is 0 Å². The first kappa shape index (κ1) is 6.86. The van der Waals surface area contributed by atoms with Gasteiger partial charge in [0.2, 0.25) is 0 Å². The predicted octanol–water partition coefficient (Wildman–Crippen LogP) is 1.56. The van der Waals surface area contributed by atoms with Crippen molar-refractivity contribution in [2.75, 3.05) is 0 Å². The standard InChI is InChI=1S/C8H8Te/c9-7-6-8-4-2-1-3-5-8/h1-7,9H. The molecule has 1 aromatic rings. The molecule has 0 aliphatic heterocycles. The zero-order valence-corrected chi connectivity index (χ0v) is 7.54. The van der Waals surface area contributed by atoms with Crippen LogP contribution in [0.25, 0.3) is 6.08 Å². The van der Waals surface area contributed by atoms with Crippen molar-refractivity contribution in [3.8, 4) is 0 Å². The van der Waals surface area contributed by atoms with E-state index in [1.807, 2.05) is 18.2 Å². The molecule has 0 atom stereocenters. The Morgan fingerprint density at radius 2 is 1.78 bits per heavy atom. The van der Waals surface area contributed by atoms with Gasteiger partial charge in [-0.1, -0.05) is 0 Å². The summed E-state index contributed by atoms with van der Waals surface area (Å²) in [6.45, 7) is 0. The van der Waals surface area contributed by atoms with Crippen LogP contribution in [-0.2, 0) is 0 Å². The van der Waals surface area contributed by atoms with E-state index in [-0.39, 0.29) is 0 Å². The summed E-state index contributed by atoms with van der Waals surface area (Å²) in [6, 6.07) is 10.3. The zero-order valence-electron chi connectivity index (χ0n) is 4.99. The molecule has 0 nitrogen and oxygen atoms in total. The molecule has 0 N–H and O–H groups in total. The Balaban J connectivity index is 2.85. The van der Waals surface area contributed by atoms with E-state index < -0.39 is 0 Å². The molecular weight excluding hydrogens is 224 g/mol. The molecule has 1 aromatic carbocycles. The molecule has 0 bridgehead atoms. The SMILES string of the molecule is [TeH]C=Cc1ccccc1. The third kappa shape index (κ3) is 2.22. The van der Waals surface area contributed by atoms with E-state index in [0.717, 1.165) is 0 Å². The molecule has 0 radical (unpaired) electrons. The molecule has 0 saturated heterocycles. The van der Waals surface area contributed by atoms with Gasteiger partial charge in [0.15, 0.2) is 0 Å². The van der Waals surface area contributed by atoms with E-state index in [1.165, 1.54) is 5.56 Å². The van der Waals surface area contributed by atoms with Crippen molar-refractivity contribution >= 4 is 28.4 Å².